The van der Waals surface area contributed by atoms with E-state index in [1.165, 1.54) is 11.1 Å². The summed E-state index contributed by atoms with van der Waals surface area (Å²) < 4.78 is 0. The molecule has 1 aliphatic rings. The van der Waals surface area contributed by atoms with Crippen LogP contribution >= 0.6 is 23.2 Å². The molecule has 2 nitrogen and oxygen atoms in total. The molecule has 2 rings (SSSR count). The Bertz CT molecular complexity index is 1020. The number of halogens is 2. The molecule has 31 heavy (non-hydrogen) atoms. The van der Waals surface area contributed by atoms with Crippen LogP contribution < -0.4 is 0 Å². The summed E-state index contributed by atoms with van der Waals surface area (Å²) in [6.07, 6.45) is 29.4. The molecule has 0 atom stereocenters. The molecule has 1 N–H and O–H groups in total. The summed E-state index contributed by atoms with van der Waals surface area (Å²) in [5.74, 6) is 1.05. The number of rotatable bonds is 10. The number of hydrogen-bond donors (Lipinski definition) is 1. The summed E-state index contributed by atoms with van der Waals surface area (Å²) in [6, 6.07) is 0. The van der Waals surface area contributed by atoms with Gasteiger partial charge in [-0.2, -0.15) is 0 Å². The zero-order valence-electron chi connectivity index (χ0n) is 17.8. The minimum absolute atomic E-state index is 0.332. The summed E-state index contributed by atoms with van der Waals surface area (Å²) >= 11 is 12.1. The average molecular weight is 451 g/mol. The normalized spacial score (nSPS) is 15.9. The molecule has 0 aliphatic heterocycles. The molecule has 0 unspecified atom stereocenters. The van der Waals surface area contributed by atoms with Crippen molar-refractivity contribution in [1.29, 1.82) is 0 Å². The van der Waals surface area contributed by atoms with E-state index >= 15 is 0 Å². The van der Waals surface area contributed by atoms with Crippen molar-refractivity contribution in [3.05, 3.63) is 126 Å². The first-order chi connectivity index (χ1) is 15.1. The summed E-state index contributed by atoms with van der Waals surface area (Å²) in [4.78, 5) is 7.69. The van der Waals surface area contributed by atoms with Gasteiger partial charge < -0.3 is 4.98 Å². The lowest BCUT2D eigenvalue weighted by atomic mass is 9.99. The van der Waals surface area contributed by atoms with Crippen LogP contribution in [0, 0.1) is 0 Å². The molecule has 0 aromatic carbocycles. The Morgan fingerprint density at radius 1 is 1.19 bits per heavy atom. The van der Waals surface area contributed by atoms with Crippen molar-refractivity contribution in [1.82, 2.24) is 9.97 Å². The van der Waals surface area contributed by atoms with Gasteiger partial charge >= 0.3 is 0 Å². The second kappa shape index (κ2) is 13.5. The standard InChI is InChI=1S/C27H28Cl2N2/c1-4-11-24(25(29)18-19-28)26-20-30-27(31-26)17-15-21(5-2)14-16-22(6-3)23-12-9-7-8-10-13-23/h4-5,7-12,14-18,20H,1-2,6,13,19H2,3H3,(H,30,31)/b17-15+,21-14+,22-16+,24-11+,25-18+. The lowest BCUT2D eigenvalue weighted by Gasteiger charge is -2.06. The van der Waals surface area contributed by atoms with Crippen LogP contribution in [0.3, 0.4) is 0 Å². The van der Waals surface area contributed by atoms with Crippen molar-refractivity contribution >= 4 is 34.9 Å². The second-order valence-corrected chi connectivity index (χ2v) is 7.38. The van der Waals surface area contributed by atoms with Crippen LogP contribution in [0.15, 0.2) is 114 Å². The molecule has 0 saturated carbocycles. The lowest BCUT2D eigenvalue weighted by Crippen LogP contribution is -1.87. The highest BCUT2D eigenvalue weighted by Crippen LogP contribution is 2.25. The highest BCUT2D eigenvalue weighted by molar-refractivity contribution is 6.37. The maximum absolute atomic E-state index is 6.33. The number of alkyl halides is 1. The SMILES string of the molecule is C=C/C=C(\C(Cl)=C/CCl)c1cnc(/C=C/C(C=C)=C/C=C(\CC)C2=CC=CC=CC2)[nH]1. The van der Waals surface area contributed by atoms with Gasteiger partial charge in [0.1, 0.15) is 5.82 Å². The Kier molecular flexibility index (Phi) is 10.6. The number of nitrogens with one attached hydrogen (secondary N) is 1. The van der Waals surface area contributed by atoms with Gasteiger partial charge in [0.15, 0.2) is 0 Å². The molecule has 1 aromatic heterocycles. The molecular formula is C27H28Cl2N2. The highest BCUT2D eigenvalue weighted by atomic mass is 35.5. The zero-order chi connectivity index (χ0) is 22.5. The van der Waals surface area contributed by atoms with Crippen molar-refractivity contribution in [3.63, 3.8) is 0 Å². The predicted octanol–water partition coefficient (Wildman–Crippen LogP) is 8.25. The van der Waals surface area contributed by atoms with E-state index < -0.39 is 0 Å². The number of nitrogens with zero attached hydrogens (tertiary/aromatic N) is 1. The van der Waals surface area contributed by atoms with E-state index in [0.29, 0.717) is 10.9 Å². The molecule has 0 spiro atoms. The Morgan fingerprint density at radius 3 is 2.74 bits per heavy atom. The number of aromatic nitrogens is 2. The van der Waals surface area contributed by atoms with Crippen LogP contribution in [-0.2, 0) is 0 Å². The molecule has 1 heterocycles. The fourth-order valence-electron chi connectivity index (χ4n) is 2.98. The molecule has 4 heteroatoms. The van der Waals surface area contributed by atoms with Crippen molar-refractivity contribution in [2.75, 3.05) is 5.88 Å². The summed E-state index contributed by atoms with van der Waals surface area (Å²) in [7, 11) is 0. The zero-order valence-corrected chi connectivity index (χ0v) is 19.3. The molecule has 160 valence electrons. The van der Waals surface area contributed by atoms with Crippen LogP contribution in [0.5, 0.6) is 0 Å². The monoisotopic (exact) mass is 450 g/mol. The van der Waals surface area contributed by atoms with Crippen LogP contribution in [0.2, 0.25) is 0 Å². The van der Waals surface area contributed by atoms with Crippen LogP contribution in [-0.4, -0.2) is 15.8 Å². The third kappa shape index (κ3) is 7.75. The van der Waals surface area contributed by atoms with E-state index in [-0.39, 0.29) is 0 Å². The van der Waals surface area contributed by atoms with Gasteiger partial charge in [0, 0.05) is 16.5 Å². The largest absolute Gasteiger partial charge is 0.338 e. The van der Waals surface area contributed by atoms with Gasteiger partial charge in [-0.05, 0) is 35.6 Å². The number of H-pyrrole nitrogens is 1. The minimum Gasteiger partial charge on any atom is -0.338 e. The summed E-state index contributed by atoms with van der Waals surface area (Å²) in [6.45, 7) is 9.85. The van der Waals surface area contributed by atoms with E-state index in [0.717, 1.165) is 35.5 Å². The number of aromatic amines is 1. The van der Waals surface area contributed by atoms with Crippen LogP contribution in [0.1, 0.15) is 31.3 Å². The molecule has 0 bridgehead atoms. The fourth-order valence-corrected chi connectivity index (χ4v) is 3.46. The third-order valence-electron chi connectivity index (χ3n) is 4.62. The van der Waals surface area contributed by atoms with Crippen molar-refractivity contribution in [2.24, 2.45) is 0 Å². The highest BCUT2D eigenvalue weighted by Gasteiger charge is 2.08. The lowest BCUT2D eigenvalue weighted by molar-refractivity contribution is 1.07. The van der Waals surface area contributed by atoms with Gasteiger partial charge in [-0.25, -0.2) is 4.98 Å². The number of allylic oxidation sites excluding steroid dienone is 17. The van der Waals surface area contributed by atoms with E-state index in [1.807, 2.05) is 24.3 Å². The average Bonchev–Trinajstić information content (AvgIpc) is 3.07. The summed E-state index contributed by atoms with van der Waals surface area (Å²) in [5, 5.41) is 0.551. The number of imidazole rings is 1. The maximum atomic E-state index is 6.33. The molecule has 0 amide bonds. The van der Waals surface area contributed by atoms with E-state index in [9.17, 15) is 0 Å². The molecule has 0 radical (unpaired) electrons. The van der Waals surface area contributed by atoms with E-state index in [2.05, 4.69) is 72.6 Å². The topological polar surface area (TPSA) is 28.7 Å². The van der Waals surface area contributed by atoms with Gasteiger partial charge in [0.05, 0.1) is 11.9 Å². The Morgan fingerprint density at radius 2 is 2.03 bits per heavy atom. The minimum atomic E-state index is 0.332. The molecule has 1 aliphatic carbocycles. The Hall–Kier alpha value is -2.81. The third-order valence-corrected chi connectivity index (χ3v) is 5.13. The molecular weight excluding hydrogens is 423 g/mol. The van der Waals surface area contributed by atoms with Crippen molar-refractivity contribution < 1.29 is 0 Å². The van der Waals surface area contributed by atoms with Crippen LogP contribution in [0.4, 0.5) is 0 Å². The van der Waals surface area contributed by atoms with E-state index in [4.69, 9.17) is 23.2 Å². The van der Waals surface area contributed by atoms with Crippen molar-refractivity contribution in [3.8, 4) is 0 Å². The molecule has 0 saturated heterocycles. The van der Waals surface area contributed by atoms with Gasteiger partial charge in [0.2, 0.25) is 0 Å². The first kappa shape index (κ1) is 24.5. The number of hydrogen-bond acceptors (Lipinski definition) is 1. The first-order valence-electron chi connectivity index (χ1n) is 10.2. The van der Waals surface area contributed by atoms with Gasteiger partial charge in [-0.15, -0.1) is 11.6 Å². The van der Waals surface area contributed by atoms with Crippen molar-refractivity contribution in [2.45, 2.75) is 19.8 Å². The smallest absolute Gasteiger partial charge is 0.130 e. The second-order valence-electron chi connectivity index (χ2n) is 6.66. The quantitative estimate of drug-likeness (QED) is 0.282. The van der Waals surface area contributed by atoms with Crippen LogP contribution in [0.25, 0.3) is 11.6 Å². The Balaban J connectivity index is 2.22. The summed E-state index contributed by atoms with van der Waals surface area (Å²) in [5.41, 5.74) is 5.22. The maximum Gasteiger partial charge on any atom is 0.130 e. The molecule has 0 fully saturated rings. The Labute approximate surface area is 195 Å². The van der Waals surface area contributed by atoms with Gasteiger partial charge in [0.25, 0.3) is 0 Å². The fraction of sp³-hybridized carbons (Fsp3) is 0.148. The predicted molar refractivity (Wildman–Crippen MR) is 138 cm³/mol. The first-order valence-corrected chi connectivity index (χ1v) is 11.1. The van der Waals surface area contributed by atoms with E-state index in [1.54, 1.807) is 18.3 Å². The molecule has 1 aromatic rings. The van der Waals surface area contributed by atoms with Gasteiger partial charge in [-0.1, -0.05) is 105 Å². The van der Waals surface area contributed by atoms with Gasteiger partial charge in [-0.3, -0.25) is 0 Å².